The Morgan fingerprint density at radius 3 is 2.48 bits per heavy atom. The minimum atomic E-state index is -0.594. The molecule has 3 rings (SSSR count). The summed E-state index contributed by atoms with van der Waals surface area (Å²) in [5, 5.41) is 3.41. The first kappa shape index (κ1) is 13.1. The van der Waals surface area contributed by atoms with Gasteiger partial charge < -0.3 is 10.3 Å². The average Bonchev–Trinajstić information content (AvgIpc) is 2.97. The third-order valence-electron chi connectivity index (χ3n) is 3.34. The molecule has 2 N–H and O–H groups in total. The molecule has 2 aromatic carbocycles. The first-order valence-corrected chi connectivity index (χ1v) is 6.68. The fraction of sp³-hybridized carbons (Fsp3) is 0.0588. The summed E-state index contributed by atoms with van der Waals surface area (Å²) in [4.78, 5) is 27.2. The van der Waals surface area contributed by atoms with Gasteiger partial charge in [-0.05, 0) is 11.6 Å². The van der Waals surface area contributed by atoms with Gasteiger partial charge in [0.2, 0.25) is 0 Å². The highest BCUT2D eigenvalue weighted by molar-refractivity contribution is 6.44. The molecule has 0 aliphatic carbocycles. The van der Waals surface area contributed by atoms with Gasteiger partial charge in [0.1, 0.15) is 0 Å². The molecule has 1 amide bonds. The van der Waals surface area contributed by atoms with Gasteiger partial charge in [0.05, 0.1) is 5.56 Å². The summed E-state index contributed by atoms with van der Waals surface area (Å²) in [5.41, 5.74) is 2.20. The molecule has 0 aliphatic rings. The van der Waals surface area contributed by atoms with Crippen molar-refractivity contribution in [1.82, 2.24) is 10.3 Å². The number of carbonyl (C=O) groups is 2. The van der Waals surface area contributed by atoms with Crippen LogP contribution in [0.5, 0.6) is 0 Å². The summed E-state index contributed by atoms with van der Waals surface area (Å²) in [6, 6.07) is 16.9. The summed E-state index contributed by atoms with van der Waals surface area (Å²) in [6.07, 6.45) is 1.58. The van der Waals surface area contributed by atoms with E-state index in [1.165, 1.54) is 0 Å². The lowest BCUT2D eigenvalue weighted by molar-refractivity contribution is -0.117. The largest absolute Gasteiger partial charge is 0.360 e. The first-order chi connectivity index (χ1) is 10.3. The second-order valence-electron chi connectivity index (χ2n) is 4.75. The molecule has 1 heterocycles. The first-order valence-electron chi connectivity index (χ1n) is 6.68. The number of ketones is 1. The number of rotatable bonds is 4. The van der Waals surface area contributed by atoms with Crippen LogP contribution in [-0.4, -0.2) is 16.7 Å². The Hall–Kier alpha value is -2.88. The third kappa shape index (κ3) is 2.69. The van der Waals surface area contributed by atoms with E-state index in [-0.39, 0.29) is 0 Å². The standard InChI is InChI=1S/C17H14N2O2/c20-16(14-11-18-15-9-5-4-8-13(14)15)17(21)19-10-12-6-2-1-3-7-12/h1-9,11,18H,10H2,(H,19,21). The predicted octanol–water partition coefficient (Wildman–Crippen LogP) is 2.67. The summed E-state index contributed by atoms with van der Waals surface area (Å²) >= 11 is 0. The maximum absolute atomic E-state index is 12.2. The molecule has 0 saturated carbocycles. The van der Waals surface area contributed by atoms with Crippen molar-refractivity contribution < 1.29 is 9.59 Å². The maximum atomic E-state index is 12.2. The number of aromatic amines is 1. The van der Waals surface area contributed by atoms with Gasteiger partial charge >= 0.3 is 0 Å². The minimum absolute atomic E-state index is 0.341. The third-order valence-corrected chi connectivity index (χ3v) is 3.34. The summed E-state index contributed by atoms with van der Waals surface area (Å²) in [6.45, 7) is 0.341. The Morgan fingerprint density at radius 1 is 0.952 bits per heavy atom. The van der Waals surface area contributed by atoms with Gasteiger partial charge in [-0.25, -0.2) is 0 Å². The molecule has 1 aromatic heterocycles. The number of nitrogens with one attached hydrogen (secondary N) is 2. The van der Waals surface area contributed by atoms with Gasteiger partial charge in [-0.3, -0.25) is 9.59 Å². The smallest absolute Gasteiger partial charge is 0.292 e. The van der Waals surface area contributed by atoms with E-state index < -0.39 is 11.7 Å². The van der Waals surface area contributed by atoms with E-state index in [0.29, 0.717) is 12.1 Å². The molecule has 0 aliphatic heterocycles. The van der Waals surface area contributed by atoms with Crippen LogP contribution >= 0.6 is 0 Å². The van der Waals surface area contributed by atoms with Gasteiger partial charge in [0.25, 0.3) is 11.7 Å². The molecular weight excluding hydrogens is 264 g/mol. The number of hydrogen-bond donors (Lipinski definition) is 2. The molecule has 104 valence electrons. The van der Waals surface area contributed by atoms with Gasteiger partial charge in [-0.1, -0.05) is 48.5 Å². The van der Waals surface area contributed by atoms with Crippen molar-refractivity contribution in [3.63, 3.8) is 0 Å². The number of benzene rings is 2. The average molecular weight is 278 g/mol. The summed E-state index contributed by atoms with van der Waals surface area (Å²) in [7, 11) is 0. The van der Waals surface area contributed by atoms with Crippen LogP contribution in [0.1, 0.15) is 15.9 Å². The van der Waals surface area contributed by atoms with Crippen molar-refractivity contribution in [3.05, 3.63) is 71.9 Å². The molecular formula is C17H14N2O2. The predicted molar refractivity (Wildman–Crippen MR) is 80.9 cm³/mol. The molecule has 4 heteroatoms. The second-order valence-corrected chi connectivity index (χ2v) is 4.75. The highest BCUT2D eigenvalue weighted by Gasteiger charge is 2.19. The van der Waals surface area contributed by atoms with Crippen LogP contribution in [0.25, 0.3) is 10.9 Å². The fourth-order valence-electron chi connectivity index (χ4n) is 2.24. The van der Waals surface area contributed by atoms with E-state index in [1.54, 1.807) is 6.20 Å². The lowest BCUT2D eigenvalue weighted by atomic mass is 10.1. The number of Topliss-reactive ketones (excluding diaryl/α,β-unsaturated/α-hetero) is 1. The molecule has 21 heavy (non-hydrogen) atoms. The molecule has 0 fully saturated rings. The lowest BCUT2D eigenvalue weighted by Gasteiger charge is -2.04. The number of para-hydroxylation sites is 1. The normalized spacial score (nSPS) is 10.5. The molecule has 0 unspecified atom stereocenters. The van der Waals surface area contributed by atoms with Crippen LogP contribution in [0.3, 0.4) is 0 Å². The number of amides is 1. The van der Waals surface area contributed by atoms with E-state index >= 15 is 0 Å². The van der Waals surface area contributed by atoms with Crippen molar-refractivity contribution in [2.75, 3.05) is 0 Å². The molecule has 0 radical (unpaired) electrons. The monoisotopic (exact) mass is 278 g/mol. The number of carbonyl (C=O) groups excluding carboxylic acids is 2. The minimum Gasteiger partial charge on any atom is -0.360 e. The van der Waals surface area contributed by atoms with Gasteiger partial charge in [0.15, 0.2) is 0 Å². The summed E-state index contributed by atoms with van der Waals surface area (Å²) < 4.78 is 0. The Balaban J connectivity index is 1.74. The van der Waals surface area contributed by atoms with Gasteiger partial charge in [0, 0.05) is 23.6 Å². The van der Waals surface area contributed by atoms with Crippen LogP contribution in [-0.2, 0) is 11.3 Å². The van der Waals surface area contributed by atoms with Crippen LogP contribution < -0.4 is 5.32 Å². The van der Waals surface area contributed by atoms with Crippen molar-refractivity contribution in [3.8, 4) is 0 Å². The molecule has 3 aromatic rings. The quantitative estimate of drug-likeness (QED) is 0.569. The van der Waals surface area contributed by atoms with Gasteiger partial charge in [-0.2, -0.15) is 0 Å². The topological polar surface area (TPSA) is 62.0 Å². The van der Waals surface area contributed by atoms with Crippen LogP contribution in [0.2, 0.25) is 0 Å². The second kappa shape index (κ2) is 5.63. The van der Waals surface area contributed by atoms with Crippen molar-refractivity contribution in [2.45, 2.75) is 6.54 Å². The Kier molecular flexibility index (Phi) is 3.51. The van der Waals surface area contributed by atoms with E-state index in [1.807, 2.05) is 54.6 Å². The summed E-state index contributed by atoms with van der Waals surface area (Å²) in [5.74, 6) is -1.12. The lowest BCUT2D eigenvalue weighted by Crippen LogP contribution is -2.30. The van der Waals surface area contributed by atoms with E-state index in [9.17, 15) is 9.59 Å². The Bertz CT molecular complexity index is 791. The van der Waals surface area contributed by atoms with Crippen molar-refractivity contribution >= 4 is 22.6 Å². The fourth-order valence-corrected chi connectivity index (χ4v) is 2.24. The highest BCUT2D eigenvalue weighted by atomic mass is 16.2. The van der Waals surface area contributed by atoms with Crippen LogP contribution in [0.4, 0.5) is 0 Å². The molecule has 0 bridgehead atoms. The molecule has 0 saturated heterocycles. The molecule has 0 atom stereocenters. The van der Waals surface area contributed by atoms with Crippen LogP contribution in [0, 0.1) is 0 Å². The zero-order chi connectivity index (χ0) is 14.7. The Labute approximate surface area is 121 Å². The molecule has 0 spiro atoms. The number of hydrogen-bond acceptors (Lipinski definition) is 2. The molecule has 4 nitrogen and oxygen atoms in total. The van der Waals surface area contributed by atoms with E-state index in [4.69, 9.17) is 0 Å². The number of aromatic nitrogens is 1. The zero-order valence-corrected chi connectivity index (χ0v) is 11.3. The Morgan fingerprint density at radius 2 is 1.67 bits per heavy atom. The number of H-pyrrole nitrogens is 1. The van der Waals surface area contributed by atoms with Crippen LogP contribution in [0.15, 0.2) is 60.8 Å². The highest BCUT2D eigenvalue weighted by Crippen LogP contribution is 2.18. The van der Waals surface area contributed by atoms with Crippen molar-refractivity contribution in [2.24, 2.45) is 0 Å². The SMILES string of the molecule is O=C(NCc1ccccc1)C(=O)c1c[nH]c2ccccc12. The van der Waals surface area contributed by atoms with E-state index in [2.05, 4.69) is 10.3 Å². The number of fused-ring (bicyclic) bond motifs is 1. The van der Waals surface area contributed by atoms with Gasteiger partial charge in [-0.15, -0.1) is 0 Å². The zero-order valence-electron chi connectivity index (χ0n) is 11.3. The maximum Gasteiger partial charge on any atom is 0.292 e. The van der Waals surface area contributed by atoms with Crippen molar-refractivity contribution in [1.29, 1.82) is 0 Å². The van der Waals surface area contributed by atoms with E-state index in [0.717, 1.165) is 16.5 Å².